The van der Waals surface area contributed by atoms with Crippen LogP contribution < -0.4 is 10.0 Å². The zero-order valence-corrected chi connectivity index (χ0v) is 17.2. The number of hydrogen-bond donors (Lipinski definition) is 2. The minimum absolute atomic E-state index is 0.0879. The first-order chi connectivity index (χ1) is 13.4. The zero-order chi connectivity index (χ0) is 20.1. The van der Waals surface area contributed by atoms with E-state index in [9.17, 15) is 13.2 Å². The van der Waals surface area contributed by atoms with Gasteiger partial charge in [-0.25, -0.2) is 8.42 Å². The van der Waals surface area contributed by atoms with Crippen LogP contribution in [0, 0.1) is 0 Å². The minimum Gasteiger partial charge on any atom is -0.322 e. The molecule has 5 nitrogen and oxygen atoms in total. The zero-order valence-electron chi connectivity index (χ0n) is 14.8. The van der Waals surface area contributed by atoms with Gasteiger partial charge in [0.1, 0.15) is 0 Å². The van der Waals surface area contributed by atoms with Gasteiger partial charge in [0.25, 0.3) is 15.9 Å². The van der Waals surface area contributed by atoms with Crippen LogP contribution in [0.25, 0.3) is 0 Å². The van der Waals surface area contributed by atoms with Crippen molar-refractivity contribution >= 4 is 50.7 Å². The lowest BCUT2D eigenvalue weighted by atomic mass is 10.2. The fourth-order valence-corrected chi connectivity index (χ4v) is 4.26. The van der Waals surface area contributed by atoms with E-state index >= 15 is 0 Å². The second-order valence-corrected chi connectivity index (χ2v) is 8.76. The number of carbonyl (C=O) groups is 1. The highest BCUT2D eigenvalue weighted by atomic mass is 35.5. The topological polar surface area (TPSA) is 75.3 Å². The van der Waals surface area contributed by atoms with Crippen molar-refractivity contribution in [3.63, 3.8) is 0 Å². The van der Waals surface area contributed by atoms with Crippen molar-refractivity contribution in [1.29, 1.82) is 0 Å². The van der Waals surface area contributed by atoms with E-state index in [4.69, 9.17) is 11.6 Å². The second-order valence-electron chi connectivity index (χ2n) is 5.79. The number of halogens is 1. The summed E-state index contributed by atoms with van der Waals surface area (Å²) in [5.41, 5.74) is 1.48. The van der Waals surface area contributed by atoms with Crippen LogP contribution in [0.2, 0.25) is 5.02 Å². The highest BCUT2D eigenvalue weighted by molar-refractivity contribution is 7.98. The van der Waals surface area contributed by atoms with E-state index in [1.165, 1.54) is 23.9 Å². The number of anilines is 2. The molecule has 0 heterocycles. The predicted molar refractivity (Wildman–Crippen MR) is 115 cm³/mol. The molecule has 0 atom stereocenters. The lowest BCUT2D eigenvalue weighted by Crippen LogP contribution is -2.14. The smallest absolute Gasteiger partial charge is 0.261 e. The summed E-state index contributed by atoms with van der Waals surface area (Å²) in [4.78, 5) is 13.4. The molecule has 1 amide bonds. The number of thioether (sulfide) groups is 1. The SMILES string of the molecule is CSc1ccccc1C(=O)Nc1ccc(S(=O)(=O)Nc2ccc(Cl)cc2)cc1. The molecule has 0 aliphatic heterocycles. The molecule has 3 rings (SSSR count). The number of hydrogen-bond acceptors (Lipinski definition) is 4. The van der Waals surface area contributed by atoms with Gasteiger partial charge < -0.3 is 5.32 Å². The molecule has 3 aromatic rings. The molecule has 28 heavy (non-hydrogen) atoms. The van der Waals surface area contributed by atoms with Crippen LogP contribution in [0.15, 0.2) is 82.6 Å². The molecule has 0 bridgehead atoms. The molecule has 0 saturated heterocycles. The molecule has 0 aliphatic rings. The molecule has 3 aromatic carbocycles. The highest BCUT2D eigenvalue weighted by Crippen LogP contribution is 2.23. The van der Waals surface area contributed by atoms with E-state index in [0.717, 1.165) is 4.90 Å². The van der Waals surface area contributed by atoms with Gasteiger partial charge in [-0.1, -0.05) is 23.7 Å². The fraction of sp³-hybridized carbons (Fsp3) is 0.0500. The second kappa shape index (κ2) is 8.68. The maximum Gasteiger partial charge on any atom is 0.261 e. The van der Waals surface area contributed by atoms with Gasteiger partial charge in [-0.15, -0.1) is 11.8 Å². The summed E-state index contributed by atoms with van der Waals surface area (Å²) < 4.78 is 27.5. The van der Waals surface area contributed by atoms with Gasteiger partial charge in [0.15, 0.2) is 0 Å². The molecular formula is C20H17ClN2O3S2. The molecule has 0 unspecified atom stereocenters. The van der Waals surface area contributed by atoms with Crippen LogP contribution >= 0.6 is 23.4 Å². The average molecular weight is 433 g/mol. The Hall–Kier alpha value is -2.48. The monoisotopic (exact) mass is 432 g/mol. The van der Waals surface area contributed by atoms with E-state index in [1.807, 2.05) is 18.4 Å². The standard InChI is InChI=1S/C20H17ClN2O3S2/c1-27-19-5-3-2-4-18(19)20(24)22-15-10-12-17(13-11-15)28(25,26)23-16-8-6-14(21)7-9-16/h2-13,23H,1H3,(H,22,24). The molecular weight excluding hydrogens is 416 g/mol. The third-order valence-corrected chi connectivity index (χ3v) is 6.32. The third-order valence-electron chi connectivity index (χ3n) is 3.87. The third kappa shape index (κ3) is 4.86. The summed E-state index contributed by atoms with van der Waals surface area (Å²) in [5.74, 6) is -0.250. The van der Waals surface area contributed by atoms with Gasteiger partial charge in [-0.05, 0) is 66.9 Å². The number of carbonyl (C=O) groups excluding carboxylic acids is 1. The Morgan fingerprint density at radius 3 is 2.14 bits per heavy atom. The van der Waals surface area contributed by atoms with Gasteiger partial charge >= 0.3 is 0 Å². The van der Waals surface area contributed by atoms with Crippen molar-refractivity contribution in [3.05, 3.63) is 83.4 Å². The largest absolute Gasteiger partial charge is 0.322 e. The Morgan fingerprint density at radius 1 is 0.893 bits per heavy atom. The van der Waals surface area contributed by atoms with Gasteiger partial charge in [0.2, 0.25) is 0 Å². The molecule has 0 aliphatic carbocycles. The first-order valence-corrected chi connectivity index (χ1v) is 11.3. The Bertz CT molecular complexity index is 1080. The van der Waals surface area contributed by atoms with Crippen molar-refractivity contribution < 1.29 is 13.2 Å². The van der Waals surface area contributed by atoms with E-state index in [1.54, 1.807) is 48.5 Å². The van der Waals surface area contributed by atoms with Crippen molar-refractivity contribution in [2.45, 2.75) is 9.79 Å². The average Bonchev–Trinajstić information content (AvgIpc) is 2.70. The summed E-state index contributed by atoms with van der Waals surface area (Å²) in [6.45, 7) is 0. The number of amides is 1. The lowest BCUT2D eigenvalue weighted by Gasteiger charge is -2.10. The summed E-state index contributed by atoms with van der Waals surface area (Å²) >= 11 is 7.29. The maximum atomic E-state index is 12.5. The van der Waals surface area contributed by atoms with Crippen molar-refractivity contribution in [1.82, 2.24) is 0 Å². The van der Waals surface area contributed by atoms with Gasteiger partial charge in [-0.3, -0.25) is 9.52 Å². The number of rotatable bonds is 6. The van der Waals surface area contributed by atoms with Crippen molar-refractivity contribution in [2.75, 3.05) is 16.3 Å². The predicted octanol–water partition coefficient (Wildman–Crippen LogP) is 5.12. The van der Waals surface area contributed by atoms with E-state index in [2.05, 4.69) is 10.0 Å². The Balaban J connectivity index is 1.74. The molecule has 0 radical (unpaired) electrons. The summed E-state index contributed by atoms with van der Waals surface area (Å²) in [6, 6.07) is 19.6. The Morgan fingerprint density at radius 2 is 1.50 bits per heavy atom. The quantitative estimate of drug-likeness (QED) is 0.530. The molecule has 0 aromatic heterocycles. The summed E-state index contributed by atoms with van der Waals surface area (Å²) in [5, 5.41) is 3.30. The summed E-state index contributed by atoms with van der Waals surface area (Å²) in [6.07, 6.45) is 1.90. The van der Waals surface area contributed by atoms with Crippen LogP contribution in [-0.4, -0.2) is 20.6 Å². The Labute approximate surface area is 173 Å². The molecule has 0 spiro atoms. The normalized spacial score (nSPS) is 11.1. The highest BCUT2D eigenvalue weighted by Gasteiger charge is 2.15. The minimum atomic E-state index is -3.74. The van der Waals surface area contributed by atoms with Crippen LogP contribution in [0.4, 0.5) is 11.4 Å². The molecule has 144 valence electrons. The number of benzene rings is 3. The van der Waals surface area contributed by atoms with Gasteiger partial charge in [0.05, 0.1) is 10.5 Å². The molecule has 8 heteroatoms. The van der Waals surface area contributed by atoms with E-state index in [-0.39, 0.29) is 10.8 Å². The fourth-order valence-electron chi connectivity index (χ4n) is 2.48. The van der Waals surface area contributed by atoms with Gasteiger partial charge in [0, 0.05) is 21.3 Å². The van der Waals surface area contributed by atoms with Crippen molar-refractivity contribution in [3.8, 4) is 0 Å². The van der Waals surface area contributed by atoms with Crippen LogP contribution in [-0.2, 0) is 10.0 Å². The van der Waals surface area contributed by atoms with Crippen LogP contribution in [0.1, 0.15) is 10.4 Å². The molecule has 0 saturated carbocycles. The Kier molecular flexibility index (Phi) is 6.28. The first kappa shape index (κ1) is 20.3. The number of nitrogens with one attached hydrogen (secondary N) is 2. The molecule has 2 N–H and O–H groups in total. The molecule has 0 fully saturated rings. The summed E-state index contributed by atoms with van der Waals surface area (Å²) in [7, 11) is -3.74. The van der Waals surface area contributed by atoms with Gasteiger partial charge in [-0.2, -0.15) is 0 Å². The lowest BCUT2D eigenvalue weighted by molar-refractivity contribution is 0.102. The van der Waals surface area contributed by atoms with Crippen molar-refractivity contribution in [2.24, 2.45) is 0 Å². The van der Waals surface area contributed by atoms with Crippen LogP contribution in [0.3, 0.4) is 0 Å². The van der Waals surface area contributed by atoms with E-state index < -0.39 is 10.0 Å². The van der Waals surface area contributed by atoms with E-state index in [0.29, 0.717) is 22.0 Å². The number of sulfonamides is 1. The van der Waals surface area contributed by atoms with Crippen LogP contribution in [0.5, 0.6) is 0 Å². The maximum absolute atomic E-state index is 12.5. The first-order valence-electron chi connectivity index (χ1n) is 8.22.